The van der Waals surface area contributed by atoms with E-state index in [1.54, 1.807) is 0 Å². The molecule has 0 amide bonds. The maximum absolute atomic E-state index is 5.70. The lowest BCUT2D eigenvalue weighted by Gasteiger charge is -2.22. The lowest BCUT2D eigenvalue weighted by molar-refractivity contribution is -0.0946. The van der Waals surface area contributed by atoms with Crippen LogP contribution in [0.4, 0.5) is 5.82 Å². The van der Waals surface area contributed by atoms with Crippen LogP contribution < -0.4 is 4.90 Å². The van der Waals surface area contributed by atoms with Crippen LogP contribution in [0.1, 0.15) is 0 Å². The largest absolute Gasteiger partial charge is 0.376 e. The van der Waals surface area contributed by atoms with Crippen LogP contribution in [-0.2, 0) is 16.0 Å². The monoisotopic (exact) mass is 365 g/mol. The molecule has 4 rings (SSSR count). The number of rotatable bonds is 5. The second-order valence-corrected chi connectivity index (χ2v) is 6.74. The van der Waals surface area contributed by atoms with Gasteiger partial charge in [0.15, 0.2) is 5.82 Å². The molecule has 1 aliphatic heterocycles. The van der Waals surface area contributed by atoms with E-state index in [2.05, 4.69) is 27.4 Å². The Hall–Kier alpha value is -2.77. The molecule has 2 aromatic heterocycles. The molecule has 0 N–H and O–H groups in total. The van der Waals surface area contributed by atoms with Gasteiger partial charge in [-0.2, -0.15) is 5.10 Å². The molecule has 140 valence electrons. The molecule has 0 bridgehead atoms. The number of hydrogen-bond acceptors (Lipinski definition) is 6. The molecule has 1 aromatic carbocycles. The predicted octanol–water partition coefficient (Wildman–Crippen LogP) is 2.49. The summed E-state index contributed by atoms with van der Waals surface area (Å²) in [4.78, 5) is 1.93. The molecule has 0 saturated carbocycles. The summed E-state index contributed by atoms with van der Waals surface area (Å²) in [6, 6.07) is 14.2. The van der Waals surface area contributed by atoms with Crippen molar-refractivity contribution in [3.8, 4) is 22.5 Å². The summed E-state index contributed by atoms with van der Waals surface area (Å²) in [5.74, 6) is 0.836. The fraction of sp³-hybridized carbons (Fsp3) is 0.350. The molecule has 3 aromatic rings. The summed E-state index contributed by atoms with van der Waals surface area (Å²) in [7, 11) is 3.90. The zero-order valence-corrected chi connectivity index (χ0v) is 15.6. The highest BCUT2D eigenvalue weighted by Gasteiger charge is 2.15. The Morgan fingerprint density at radius 2 is 1.89 bits per heavy atom. The lowest BCUT2D eigenvalue weighted by Crippen LogP contribution is -2.32. The van der Waals surface area contributed by atoms with Crippen LogP contribution in [0.5, 0.6) is 0 Å². The number of aromatic nitrogens is 4. The molecular formula is C20H23N5O2. The van der Waals surface area contributed by atoms with Crippen molar-refractivity contribution in [2.75, 3.05) is 38.8 Å². The van der Waals surface area contributed by atoms with Crippen LogP contribution in [0, 0.1) is 0 Å². The van der Waals surface area contributed by atoms with Gasteiger partial charge in [-0.1, -0.05) is 18.2 Å². The maximum atomic E-state index is 5.70. The van der Waals surface area contributed by atoms with E-state index in [0.717, 1.165) is 28.3 Å². The van der Waals surface area contributed by atoms with E-state index >= 15 is 0 Å². The highest BCUT2D eigenvalue weighted by molar-refractivity contribution is 5.69. The van der Waals surface area contributed by atoms with Crippen LogP contribution in [0.15, 0.2) is 48.7 Å². The molecule has 3 heterocycles. The van der Waals surface area contributed by atoms with Gasteiger partial charge in [0.05, 0.1) is 37.8 Å². The van der Waals surface area contributed by atoms with E-state index in [-0.39, 0.29) is 6.10 Å². The van der Waals surface area contributed by atoms with Gasteiger partial charge in [0.1, 0.15) is 6.10 Å². The first-order chi connectivity index (χ1) is 13.2. The van der Waals surface area contributed by atoms with Gasteiger partial charge < -0.3 is 14.4 Å². The Balaban J connectivity index is 1.52. The summed E-state index contributed by atoms with van der Waals surface area (Å²) in [5, 5.41) is 13.3. The van der Waals surface area contributed by atoms with Crippen LogP contribution in [0.3, 0.4) is 0 Å². The van der Waals surface area contributed by atoms with Crippen molar-refractivity contribution < 1.29 is 9.47 Å². The SMILES string of the molecule is CN(C)c1ccc(-c2cccc(-c3ccn(C[C@@H]4COCCO4)n3)c2)nn1. The summed E-state index contributed by atoms with van der Waals surface area (Å²) in [6.07, 6.45) is 2.04. The fourth-order valence-corrected chi connectivity index (χ4v) is 3.02. The molecular weight excluding hydrogens is 342 g/mol. The third-order valence-corrected chi connectivity index (χ3v) is 4.48. The van der Waals surface area contributed by atoms with Crippen molar-refractivity contribution in [1.82, 2.24) is 20.0 Å². The Bertz CT molecular complexity index is 885. The lowest BCUT2D eigenvalue weighted by atomic mass is 10.1. The molecule has 1 atom stereocenters. The molecule has 7 nitrogen and oxygen atoms in total. The van der Waals surface area contributed by atoms with E-state index in [1.165, 1.54) is 0 Å². The second-order valence-electron chi connectivity index (χ2n) is 6.74. The summed E-state index contributed by atoms with van der Waals surface area (Å²) in [5.41, 5.74) is 3.83. The predicted molar refractivity (Wildman–Crippen MR) is 104 cm³/mol. The number of benzene rings is 1. The third-order valence-electron chi connectivity index (χ3n) is 4.48. The van der Waals surface area contributed by atoms with E-state index in [0.29, 0.717) is 26.4 Å². The normalized spacial score (nSPS) is 17.0. The first kappa shape index (κ1) is 17.6. The second kappa shape index (κ2) is 7.85. The van der Waals surface area contributed by atoms with Gasteiger partial charge >= 0.3 is 0 Å². The molecule has 0 unspecified atom stereocenters. The summed E-state index contributed by atoms with van der Waals surface area (Å²) >= 11 is 0. The van der Waals surface area contributed by atoms with Crippen molar-refractivity contribution in [2.24, 2.45) is 0 Å². The van der Waals surface area contributed by atoms with Crippen molar-refractivity contribution >= 4 is 5.82 Å². The van der Waals surface area contributed by atoms with Gasteiger partial charge in [-0.3, -0.25) is 4.68 Å². The Labute approximate surface area is 158 Å². The van der Waals surface area contributed by atoms with E-state index in [4.69, 9.17) is 9.47 Å². The van der Waals surface area contributed by atoms with E-state index < -0.39 is 0 Å². The first-order valence-corrected chi connectivity index (χ1v) is 9.04. The first-order valence-electron chi connectivity index (χ1n) is 9.04. The highest BCUT2D eigenvalue weighted by Crippen LogP contribution is 2.24. The maximum Gasteiger partial charge on any atom is 0.150 e. The van der Waals surface area contributed by atoms with Crippen molar-refractivity contribution in [3.05, 3.63) is 48.7 Å². The van der Waals surface area contributed by atoms with Gasteiger partial charge in [0.2, 0.25) is 0 Å². The molecule has 0 aliphatic carbocycles. The molecule has 1 aliphatic rings. The van der Waals surface area contributed by atoms with E-state index in [9.17, 15) is 0 Å². The minimum absolute atomic E-state index is 0.0586. The summed E-state index contributed by atoms with van der Waals surface area (Å²) < 4.78 is 13.1. The van der Waals surface area contributed by atoms with Gasteiger partial charge in [-0.05, 0) is 24.3 Å². The van der Waals surface area contributed by atoms with Gasteiger partial charge in [0.25, 0.3) is 0 Å². The van der Waals surface area contributed by atoms with Crippen LogP contribution in [-0.4, -0.2) is 60.0 Å². The van der Waals surface area contributed by atoms with Crippen LogP contribution in [0.25, 0.3) is 22.5 Å². The third kappa shape index (κ3) is 4.15. The zero-order chi connectivity index (χ0) is 18.6. The molecule has 7 heteroatoms. The van der Waals surface area contributed by atoms with Gasteiger partial charge in [-0.15, -0.1) is 10.2 Å². The average molecular weight is 365 g/mol. The Morgan fingerprint density at radius 3 is 2.59 bits per heavy atom. The molecule has 1 saturated heterocycles. The van der Waals surface area contributed by atoms with Crippen molar-refractivity contribution in [3.63, 3.8) is 0 Å². The van der Waals surface area contributed by atoms with Crippen molar-refractivity contribution in [2.45, 2.75) is 12.6 Å². The minimum atomic E-state index is 0.0586. The molecule has 0 radical (unpaired) electrons. The molecule has 1 fully saturated rings. The quantitative estimate of drug-likeness (QED) is 0.692. The molecule has 27 heavy (non-hydrogen) atoms. The fourth-order valence-electron chi connectivity index (χ4n) is 3.02. The minimum Gasteiger partial charge on any atom is -0.376 e. The Morgan fingerprint density at radius 1 is 1.04 bits per heavy atom. The zero-order valence-electron chi connectivity index (χ0n) is 15.6. The Kier molecular flexibility index (Phi) is 5.13. The van der Waals surface area contributed by atoms with Gasteiger partial charge in [-0.25, -0.2) is 0 Å². The molecule has 0 spiro atoms. The van der Waals surface area contributed by atoms with E-state index in [1.807, 2.05) is 60.2 Å². The smallest absolute Gasteiger partial charge is 0.150 e. The number of ether oxygens (including phenoxy) is 2. The highest BCUT2D eigenvalue weighted by atomic mass is 16.6. The topological polar surface area (TPSA) is 65.3 Å². The number of hydrogen-bond donors (Lipinski definition) is 0. The average Bonchev–Trinajstić information content (AvgIpc) is 3.17. The number of nitrogens with zero attached hydrogens (tertiary/aromatic N) is 5. The van der Waals surface area contributed by atoms with Gasteiger partial charge in [0, 0.05) is 31.4 Å². The van der Waals surface area contributed by atoms with Crippen LogP contribution in [0.2, 0.25) is 0 Å². The number of anilines is 1. The van der Waals surface area contributed by atoms with Crippen LogP contribution >= 0.6 is 0 Å². The van der Waals surface area contributed by atoms with Crippen molar-refractivity contribution in [1.29, 1.82) is 0 Å². The standard InChI is InChI=1S/C20H23N5O2/c1-24(2)20-7-6-18(21-22-20)15-4-3-5-16(12-15)19-8-9-25(23-19)13-17-14-26-10-11-27-17/h3-9,12,17H,10-11,13-14H2,1-2H3/t17-/m1/s1. The summed E-state index contributed by atoms with van der Waals surface area (Å²) in [6.45, 7) is 2.63.